The summed E-state index contributed by atoms with van der Waals surface area (Å²) in [5, 5.41) is 2.73. The third kappa shape index (κ3) is 3.87. The van der Waals surface area contributed by atoms with E-state index >= 15 is 0 Å². The van der Waals surface area contributed by atoms with Crippen LogP contribution in [0.4, 0.5) is 20.3 Å². The number of rotatable bonds is 6. The minimum absolute atomic E-state index is 0.0314. The van der Waals surface area contributed by atoms with Gasteiger partial charge < -0.3 is 10.1 Å². The van der Waals surface area contributed by atoms with Gasteiger partial charge in [-0.25, -0.2) is 9.97 Å². The van der Waals surface area contributed by atoms with E-state index in [4.69, 9.17) is 11.6 Å². The summed E-state index contributed by atoms with van der Waals surface area (Å²) in [7, 11) is 0. The fraction of sp³-hybridized carbons (Fsp3) is 0.400. The second-order valence-electron chi connectivity index (χ2n) is 4.51. The average molecular weight is 313 g/mol. The fourth-order valence-corrected chi connectivity index (χ4v) is 1.70. The van der Waals surface area contributed by atoms with Crippen molar-refractivity contribution in [2.45, 2.75) is 33.0 Å². The summed E-state index contributed by atoms with van der Waals surface area (Å²) in [6, 6.07) is 2.83. The zero-order valence-corrected chi connectivity index (χ0v) is 12.0. The zero-order valence-electron chi connectivity index (χ0n) is 17.0. The number of hydrogen-bond donors (Lipinski definition) is 1. The van der Waals surface area contributed by atoms with E-state index in [0.717, 1.165) is 6.20 Å². The Kier molecular flexibility index (Phi) is 3.14. The van der Waals surface area contributed by atoms with Crippen LogP contribution in [0.3, 0.4) is 0 Å². The predicted octanol–water partition coefficient (Wildman–Crippen LogP) is 3.69. The number of alkyl halides is 2. The van der Waals surface area contributed by atoms with E-state index in [-0.39, 0.29) is 17.3 Å². The summed E-state index contributed by atoms with van der Waals surface area (Å²) in [5.74, 6) is -4.10. The molecule has 0 aliphatic rings. The standard InChI is InChI=1S/C15H18F2N4O/c1-4-10-8-13(21-14(19-10)15(3,16)17)20-11-6-7-18-9-12(11)22-5-2/h6-9H,4-5H2,1-3H3,(H,18,19,20,21)/i2D3,5D2. The maximum Gasteiger partial charge on any atom is 0.303 e. The summed E-state index contributed by atoms with van der Waals surface area (Å²) >= 11 is 0. The third-order valence-electron chi connectivity index (χ3n) is 2.74. The number of aromatic nitrogens is 3. The number of ether oxygens (including phenoxy) is 1. The van der Waals surface area contributed by atoms with Gasteiger partial charge in [0.05, 0.1) is 21.2 Å². The second kappa shape index (κ2) is 6.64. The summed E-state index contributed by atoms with van der Waals surface area (Å²) in [6.07, 6.45) is 2.85. The lowest BCUT2D eigenvalue weighted by Gasteiger charge is -2.14. The Morgan fingerprint density at radius 3 is 2.95 bits per heavy atom. The molecule has 0 atom stereocenters. The molecule has 22 heavy (non-hydrogen) atoms. The molecule has 2 heterocycles. The van der Waals surface area contributed by atoms with E-state index in [1.54, 1.807) is 6.92 Å². The molecule has 0 spiro atoms. The van der Waals surface area contributed by atoms with Crippen molar-refractivity contribution in [2.75, 3.05) is 11.9 Å². The largest absolute Gasteiger partial charge is 0.490 e. The van der Waals surface area contributed by atoms with Gasteiger partial charge in [-0.3, -0.25) is 4.98 Å². The summed E-state index contributed by atoms with van der Waals surface area (Å²) in [5.41, 5.74) is 0.489. The summed E-state index contributed by atoms with van der Waals surface area (Å²) < 4.78 is 69.0. The van der Waals surface area contributed by atoms with Crippen LogP contribution in [0.25, 0.3) is 0 Å². The fourth-order valence-electron chi connectivity index (χ4n) is 1.70. The number of pyridine rings is 1. The van der Waals surface area contributed by atoms with Crippen LogP contribution in [0.2, 0.25) is 0 Å². The number of anilines is 2. The average Bonchev–Trinajstić information content (AvgIpc) is 2.54. The van der Waals surface area contributed by atoms with Gasteiger partial charge in [0.2, 0.25) is 5.82 Å². The van der Waals surface area contributed by atoms with E-state index in [1.807, 2.05) is 0 Å². The van der Waals surface area contributed by atoms with Gasteiger partial charge in [0, 0.05) is 29.0 Å². The number of nitrogens with zero attached hydrogens (tertiary/aromatic N) is 3. The highest BCUT2D eigenvalue weighted by atomic mass is 19.3. The number of hydrogen-bond acceptors (Lipinski definition) is 5. The van der Waals surface area contributed by atoms with Gasteiger partial charge in [0.15, 0.2) is 5.75 Å². The Balaban J connectivity index is 2.39. The van der Waals surface area contributed by atoms with Gasteiger partial charge in [-0.15, -0.1) is 0 Å². The first kappa shape index (κ1) is 10.4. The van der Waals surface area contributed by atoms with Crippen LogP contribution in [-0.2, 0) is 12.3 Å². The molecule has 0 unspecified atom stereocenters. The van der Waals surface area contributed by atoms with Gasteiger partial charge in [0.25, 0.3) is 0 Å². The van der Waals surface area contributed by atoms with Crippen molar-refractivity contribution in [3.63, 3.8) is 0 Å². The Hall–Kier alpha value is -2.31. The Morgan fingerprint density at radius 2 is 2.27 bits per heavy atom. The molecule has 0 saturated carbocycles. The molecule has 0 aromatic carbocycles. The number of nitrogens with one attached hydrogen (secondary N) is 1. The van der Waals surface area contributed by atoms with Crippen LogP contribution >= 0.6 is 0 Å². The molecule has 0 amide bonds. The highest BCUT2D eigenvalue weighted by Crippen LogP contribution is 2.29. The SMILES string of the molecule is [2H]C([2H])([2H])C([2H])([2H])Oc1cnccc1Nc1cc(CC)nc(C(C)(F)F)n1. The van der Waals surface area contributed by atoms with Crippen LogP contribution in [0.1, 0.15) is 39.1 Å². The Labute approximate surface area is 134 Å². The smallest absolute Gasteiger partial charge is 0.303 e. The van der Waals surface area contributed by atoms with Crippen molar-refractivity contribution in [1.29, 1.82) is 0 Å². The zero-order chi connectivity index (χ0) is 20.5. The predicted molar refractivity (Wildman–Crippen MR) is 79.7 cm³/mol. The molecule has 118 valence electrons. The monoisotopic (exact) mass is 313 g/mol. The van der Waals surface area contributed by atoms with E-state index in [0.29, 0.717) is 19.0 Å². The molecule has 0 saturated heterocycles. The molecule has 0 aliphatic carbocycles. The lowest BCUT2D eigenvalue weighted by atomic mass is 10.2. The van der Waals surface area contributed by atoms with Crippen LogP contribution in [-0.4, -0.2) is 21.5 Å². The highest BCUT2D eigenvalue weighted by molar-refractivity contribution is 5.63. The molecule has 5 nitrogen and oxygen atoms in total. The van der Waals surface area contributed by atoms with Crippen molar-refractivity contribution in [3.05, 3.63) is 36.0 Å². The van der Waals surface area contributed by atoms with Gasteiger partial charge in [-0.05, 0) is 19.3 Å². The van der Waals surface area contributed by atoms with E-state index in [9.17, 15) is 8.78 Å². The second-order valence-corrected chi connectivity index (χ2v) is 4.51. The van der Waals surface area contributed by atoms with Crippen LogP contribution in [0.5, 0.6) is 5.75 Å². The topological polar surface area (TPSA) is 59.9 Å². The van der Waals surface area contributed by atoms with Crippen molar-refractivity contribution >= 4 is 11.5 Å². The molecule has 0 aliphatic heterocycles. The highest BCUT2D eigenvalue weighted by Gasteiger charge is 2.29. The van der Waals surface area contributed by atoms with Gasteiger partial charge in [0.1, 0.15) is 5.82 Å². The minimum Gasteiger partial charge on any atom is -0.490 e. The van der Waals surface area contributed by atoms with Gasteiger partial charge in [-0.1, -0.05) is 6.92 Å². The van der Waals surface area contributed by atoms with Crippen LogP contribution in [0.15, 0.2) is 24.5 Å². The van der Waals surface area contributed by atoms with E-state index < -0.39 is 25.2 Å². The first-order valence-corrected chi connectivity index (χ1v) is 6.50. The molecular formula is C15H18F2N4O. The molecule has 2 aromatic heterocycles. The van der Waals surface area contributed by atoms with Crippen molar-refractivity contribution < 1.29 is 20.4 Å². The van der Waals surface area contributed by atoms with E-state index in [1.165, 1.54) is 18.3 Å². The molecule has 2 aromatic rings. The maximum absolute atomic E-state index is 13.6. The lowest BCUT2D eigenvalue weighted by Crippen LogP contribution is -2.15. The molecule has 7 heteroatoms. The maximum atomic E-state index is 13.6. The van der Waals surface area contributed by atoms with Gasteiger partial charge >= 0.3 is 5.92 Å². The van der Waals surface area contributed by atoms with Gasteiger partial charge in [-0.2, -0.15) is 8.78 Å². The van der Waals surface area contributed by atoms with Crippen LogP contribution in [0, 0.1) is 0 Å². The van der Waals surface area contributed by atoms with Crippen LogP contribution < -0.4 is 10.1 Å². The summed E-state index contributed by atoms with van der Waals surface area (Å²) in [6.45, 7) is -3.59. The minimum atomic E-state index is -3.25. The summed E-state index contributed by atoms with van der Waals surface area (Å²) in [4.78, 5) is 11.4. The normalized spacial score (nSPS) is 15.9. The molecule has 2 rings (SSSR count). The van der Waals surface area contributed by atoms with Crippen molar-refractivity contribution in [2.24, 2.45) is 0 Å². The first-order valence-electron chi connectivity index (χ1n) is 9.00. The Morgan fingerprint density at radius 1 is 1.45 bits per heavy atom. The van der Waals surface area contributed by atoms with Crippen molar-refractivity contribution in [1.82, 2.24) is 15.0 Å². The third-order valence-corrected chi connectivity index (χ3v) is 2.74. The molecule has 0 bridgehead atoms. The number of halogens is 2. The quantitative estimate of drug-likeness (QED) is 0.881. The molecule has 0 fully saturated rings. The Bertz CT molecular complexity index is 812. The molecular weight excluding hydrogens is 290 g/mol. The van der Waals surface area contributed by atoms with E-state index in [2.05, 4.69) is 20.3 Å². The molecule has 0 radical (unpaired) electrons. The molecule has 1 N–H and O–H groups in total. The lowest BCUT2D eigenvalue weighted by molar-refractivity contribution is 0.00762. The first-order chi connectivity index (χ1) is 12.3. The number of aryl methyl sites for hydroxylation is 1. The van der Waals surface area contributed by atoms with Crippen molar-refractivity contribution in [3.8, 4) is 5.75 Å².